The van der Waals surface area contributed by atoms with Crippen molar-refractivity contribution in [2.75, 3.05) is 13.2 Å². The summed E-state index contributed by atoms with van der Waals surface area (Å²) in [7, 11) is 0. The van der Waals surface area contributed by atoms with Crippen molar-refractivity contribution in [3.63, 3.8) is 0 Å². The Kier molecular flexibility index (Phi) is 3.46. The molecule has 1 saturated carbocycles. The summed E-state index contributed by atoms with van der Waals surface area (Å²) in [4.78, 5) is 11.9. The van der Waals surface area contributed by atoms with E-state index < -0.39 is 0 Å². The Hall–Kier alpha value is -2.08. The molecule has 0 bridgehead atoms. The van der Waals surface area contributed by atoms with Gasteiger partial charge in [-0.15, -0.1) is 0 Å². The van der Waals surface area contributed by atoms with Gasteiger partial charge in [0, 0.05) is 19.3 Å². The van der Waals surface area contributed by atoms with Crippen molar-refractivity contribution in [2.24, 2.45) is 5.92 Å². The van der Waals surface area contributed by atoms with Crippen LogP contribution in [0.4, 0.5) is 0 Å². The molecule has 2 aromatic heterocycles. The van der Waals surface area contributed by atoms with Crippen molar-refractivity contribution in [3.8, 4) is 0 Å². The molecule has 0 saturated heterocycles. The third kappa shape index (κ3) is 2.78. The Morgan fingerprint density at radius 1 is 1.45 bits per heavy atom. The van der Waals surface area contributed by atoms with Gasteiger partial charge in [-0.25, -0.2) is 0 Å². The number of carbonyl (C=O) groups is 1. The Bertz CT molecular complexity index is 658. The van der Waals surface area contributed by atoms with Gasteiger partial charge in [0.25, 0.3) is 5.91 Å². The number of nitrogens with zero attached hydrogens (tertiary/aromatic N) is 2. The minimum Gasteiger partial charge on any atom is -0.459 e. The summed E-state index contributed by atoms with van der Waals surface area (Å²) in [6.07, 6.45) is 6.96. The number of hydrogen-bond donors (Lipinski definition) is 1. The zero-order valence-corrected chi connectivity index (χ0v) is 12.3. The SMILES string of the molecule is O=C(NCC1OCCc2cn(CC3CC3)nc21)c1ccco1. The van der Waals surface area contributed by atoms with E-state index in [9.17, 15) is 4.79 Å². The van der Waals surface area contributed by atoms with Crippen LogP contribution in [0.15, 0.2) is 29.0 Å². The lowest BCUT2D eigenvalue weighted by molar-refractivity contribution is 0.0379. The van der Waals surface area contributed by atoms with Gasteiger partial charge in [-0.2, -0.15) is 5.10 Å². The number of amides is 1. The van der Waals surface area contributed by atoms with Gasteiger partial charge >= 0.3 is 0 Å². The number of ether oxygens (including phenoxy) is 1. The first kappa shape index (κ1) is 13.6. The maximum Gasteiger partial charge on any atom is 0.287 e. The number of fused-ring (bicyclic) bond motifs is 1. The lowest BCUT2D eigenvalue weighted by Gasteiger charge is -2.22. The van der Waals surface area contributed by atoms with Gasteiger partial charge in [0.05, 0.1) is 18.6 Å². The van der Waals surface area contributed by atoms with Gasteiger partial charge in [-0.1, -0.05) is 0 Å². The van der Waals surface area contributed by atoms with E-state index in [0.717, 1.165) is 24.6 Å². The lowest BCUT2D eigenvalue weighted by atomic mass is 10.1. The van der Waals surface area contributed by atoms with E-state index in [2.05, 4.69) is 16.6 Å². The molecule has 1 aliphatic carbocycles. The van der Waals surface area contributed by atoms with E-state index >= 15 is 0 Å². The largest absolute Gasteiger partial charge is 0.459 e. The summed E-state index contributed by atoms with van der Waals surface area (Å²) in [6.45, 7) is 2.08. The molecule has 1 unspecified atom stereocenters. The van der Waals surface area contributed by atoms with Crippen LogP contribution in [-0.2, 0) is 17.7 Å². The molecule has 6 heteroatoms. The topological polar surface area (TPSA) is 69.3 Å². The average molecular weight is 301 g/mol. The minimum absolute atomic E-state index is 0.178. The average Bonchev–Trinajstić information content (AvgIpc) is 3.03. The molecule has 1 fully saturated rings. The second-order valence-electron chi connectivity index (χ2n) is 6.00. The zero-order chi connectivity index (χ0) is 14.9. The van der Waals surface area contributed by atoms with E-state index in [-0.39, 0.29) is 12.0 Å². The minimum atomic E-state index is -0.224. The van der Waals surface area contributed by atoms with Crippen LogP contribution in [0.5, 0.6) is 0 Å². The van der Waals surface area contributed by atoms with Crippen LogP contribution in [0, 0.1) is 5.92 Å². The second kappa shape index (κ2) is 5.61. The standard InChI is InChI=1S/C16H19N3O3/c20-16(13-2-1-6-21-13)17-8-14-15-12(5-7-22-14)10-19(18-15)9-11-3-4-11/h1-2,6,10-11,14H,3-5,7-9H2,(H,17,20). The summed E-state index contributed by atoms with van der Waals surface area (Å²) >= 11 is 0. The van der Waals surface area contributed by atoms with Gasteiger partial charge in [0.2, 0.25) is 0 Å². The molecule has 0 aromatic carbocycles. The molecule has 2 aromatic rings. The zero-order valence-electron chi connectivity index (χ0n) is 12.3. The Labute approximate surface area is 128 Å². The quantitative estimate of drug-likeness (QED) is 0.916. The van der Waals surface area contributed by atoms with Crippen molar-refractivity contribution in [1.82, 2.24) is 15.1 Å². The first-order valence-corrected chi connectivity index (χ1v) is 7.79. The van der Waals surface area contributed by atoms with Crippen LogP contribution in [0.3, 0.4) is 0 Å². The normalized spacial score (nSPS) is 20.6. The van der Waals surface area contributed by atoms with Crippen molar-refractivity contribution in [1.29, 1.82) is 0 Å². The summed E-state index contributed by atoms with van der Waals surface area (Å²) in [5.41, 5.74) is 2.20. The third-order valence-electron chi connectivity index (χ3n) is 4.20. The summed E-state index contributed by atoms with van der Waals surface area (Å²) in [5, 5.41) is 7.52. The Morgan fingerprint density at radius 3 is 3.14 bits per heavy atom. The number of furan rings is 1. The van der Waals surface area contributed by atoms with Crippen LogP contribution in [0.2, 0.25) is 0 Å². The van der Waals surface area contributed by atoms with Crippen molar-refractivity contribution < 1.29 is 13.9 Å². The van der Waals surface area contributed by atoms with Gasteiger partial charge in [0.1, 0.15) is 6.10 Å². The molecule has 116 valence electrons. The fraction of sp³-hybridized carbons (Fsp3) is 0.500. The molecule has 3 heterocycles. The Morgan fingerprint density at radius 2 is 2.36 bits per heavy atom. The van der Waals surface area contributed by atoms with Crippen molar-refractivity contribution in [3.05, 3.63) is 41.6 Å². The highest BCUT2D eigenvalue weighted by Crippen LogP contribution is 2.32. The van der Waals surface area contributed by atoms with E-state index in [1.807, 2.05) is 4.68 Å². The predicted octanol–water partition coefficient (Wildman–Crippen LogP) is 1.93. The highest BCUT2D eigenvalue weighted by Gasteiger charge is 2.27. The van der Waals surface area contributed by atoms with Gasteiger partial charge in [-0.3, -0.25) is 9.48 Å². The molecule has 2 aliphatic rings. The van der Waals surface area contributed by atoms with Crippen LogP contribution in [0.1, 0.15) is 40.8 Å². The number of nitrogens with one attached hydrogen (secondary N) is 1. The van der Waals surface area contributed by atoms with E-state index in [1.165, 1.54) is 24.7 Å². The van der Waals surface area contributed by atoms with Crippen molar-refractivity contribution in [2.45, 2.75) is 31.9 Å². The van der Waals surface area contributed by atoms with Crippen LogP contribution in [-0.4, -0.2) is 28.8 Å². The van der Waals surface area contributed by atoms with E-state index in [1.54, 1.807) is 12.1 Å². The maximum atomic E-state index is 11.9. The number of hydrogen-bond acceptors (Lipinski definition) is 4. The summed E-state index contributed by atoms with van der Waals surface area (Å²) in [6, 6.07) is 3.34. The predicted molar refractivity (Wildman–Crippen MR) is 78.4 cm³/mol. The highest BCUT2D eigenvalue weighted by atomic mass is 16.5. The monoisotopic (exact) mass is 301 g/mol. The van der Waals surface area contributed by atoms with Gasteiger partial charge < -0.3 is 14.5 Å². The van der Waals surface area contributed by atoms with Crippen LogP contribution >= 0.6 is 0 Å². The Balaban J connectivity index is 1.42. The molecule has 4 rings (SSSR count). The van der Waals surface area contributed by atoms with Crippen LogP contribution in [0.25, 0.3) is 0 Å². The highest BCUT2D eigenvalue weighted by molar-refractivity contribution is 5.91. The molecule has 1 aliphatic heterocycles. The third-order valence-corrected chi connectivity index (χ3v) is 4.20. The molecule has 22 heavy (non-hydrogen) atoms. The first-order valence-electron chi connectivity index (χ1n) is 7.79. The van der Waals surface area contributed by atoms with Crippen molar-refractivity contribution >= 4 is 5.91 Å². The van der Waals surface area contributed by atoms with Gasteiger partial charge in [-0.05, 0) is 42.9 Å². The number of carbonyl (C=O) groups excluding carboxylic acids is 1. The first-order chi connectivity index (χ1) is 10.8. The molecule has 1 N–H and O–H groups in total. The molecule has 0 radical (unpaired) electrons. The summed E-state index contributed by atoms with van der Waals surface area (Å²) in [5.74, 6) is 0.882. The number of aromatic nitrogens is 2. The fourth-order valence-corrected chi connectivity index (χ4v) is 2.83. The molecule has 1 amide bonds. The molecule has 1 atom stereocenters. The van der Waals surface area contributed by atoms with Gasteiger partial charge in [0.15, 0.2) is 5.76 Å². The van der Waals surface area contributed by atoms with E-state index in [4.69, 9.17) is 9.15 Å². The van der Waals surface area contributed by atoms with E-state index in [0.29, 0.717) is 18.9 Å². The van der Waals surface area contributed by atoms with Crippen LogP contribution < -0.4 is 5.32 Å². The smallest absolute Gasteiger partial charge is 0.287 e. The maximum absolute atomic E-state index is 11.9. The lowest BCUT2D eigenvalue weighted by Crippen LogP contribution is -2.31. The molecular weight excluding hydrogens is 282 g/mol. The second-order valence-corrected chi connectivity index (χ2v) is 6.00. The molecule has 6 nitrogen and oxygen atoms in total. The molecular formula is C16H19N3O3. The number of rotatable bonds is 5. The summed E-state index contributed by atoms with van der Waals surface area (Å²) < 4.78 is 12.9. The molecule has 0 spiro atoms. The fourth-order valence-electron chi connectivity index (χ4n) is 2.83.